The summed E-state index contributed by atoms with van der Waals surface area (Å²) < 4.78 is 0. The predicted octanol–water partition coefficient (Wildman–Crippen LogP) is -0.0461. The monoisotopic (exact) mass is 212 g/mol. The van der Waals surface area contributed by atoms with Crippen molar-refractivity contribution >= 4 is 17.7 Å². The lowest BCUT2D eigenvalue weighted by Gasteiger charge is -2.15. The second-order valence-electron chi connectivity index (χ2n) is 3.69. The first-order chi connectivity index (χ1) is 7.08. The van der Waals surface area contributed by atoms with E-state index in [0.717, 1.165) is 12.8 Å². The van der Waals surface area contributed by atoms with Crippen molar-refractivity contribution in [3.05, 3.63) is 0 Å². The van der Waals surface area contributed by atoms with Gasteiger partial charge in [0.2, 0.25) is 17.7 Å². The highest BCUT2D eigenvalue weighted by atomic mass is 16.2. The Labute approximate surface area is 88.6 Å². The SMILES string of the molecule is CCC(CC)C(=O)NC1CC(=O)NC1=O. The summed E-state index contributed by atoms with van der Waals surface area (Å²) in [4.78, 5) is 33.7. The number of carbonyl (C=O) groups is 3. The van der Waals surface area contributed by atoms with Crippen LogP contribution in [-0.4, -0.2) is 23.8 Å². The molecule has 1 atom stereocenters. The van der Waals surface area contributed by atoms with E-state index in [2.05, 4.69) is 10.6 Å². The van der Waals surface area contributed by atoms with Gasteiger partial charge < -0.3 is 5.32 Å². The van der Waals surface area contributed by atoms with Gasteiger partial charge >= 0.3 is 0 Å². The molecular weight excluding hydrogens is 196 g/mol. The van der Waals surface area contributed by atoms with Gasteiger partial charge in [-0.3, -0.25) is 19.7 Å². The molecule has 1 unspecified atom stereocenters. The summed E-state index contributed by atoms with van der Waals surface area (Å²) in [5, 5.41) is 4.74. The van der Waals surface area contributed by atoms with E-state index in [1.807, 2.05) is 13.8 Å². The van der Waals surface area contributed by atoms with E-state index in [1.165, 1.54) is 0 Å². The second kappa shape index (κ2) is 4.91. The summed E-state index contributed by atoms with van der Waals surface area (Å²) in [6.45, 7) is 3.85. The molecule has 1 aliphatic heterocycles. The largest absolute Gasteiger partial charge is 0.344 e. The van der Waals surface area contributed by atoms with Crippen molar-refractivity contribution < 1.29 is 14.4 Å². The van der Waals surface area contributed by atoms with Crippen LogP contribution >= 0.6 is 0 Å². The third kappa shape index (κ3) is 2.78. The molecule has 1 fully saturated rings. The van der Waals surface area contributed by atoms with Crippen molar-refractivity contribution in [2.45, 2.75) is 39.2 Å². The third-order valence-electron chi connectivity index (χ3n) is 2.64. The van der Waals surface area contributed by atoms with Crippen LogP contribution in [0.3, 0.4) is 0 Å². The van der Waals surface area contributed by atoms with Gasteiger partial charge in [0, 0.05) is 5.92 Å². The Morgan fingerprint density at radius 2 is 2.07 bits per heavy atom. The molecule has 0 bridgehead atoms. The molecular formula is C10H16N2O3. The van der Waals surface area contributed by atoms with Crippen LogP contribution in [0.1, 0.15) is 33.1 Å². The molecule has 1 rings (SSSR count). The van der Waals surface area contributed by atoms with Gasteiger partial charge in [-0.1, -0.05) is 13.8 Å². The molecule has 5 heteroatoms. The highest BCUT2D eigenvalue weighted by Crippen LogP contribution is 2.09. The lowest BCUT2D eigenvalue weighted by atomic mass is 10.0. The Morgan fingerprint density at radius 1 is 1.47 bits per heavy atom. The Morgan fingerprint density at radius 3 is 2.47 bits per heavy atom. The van der Waals surface area contributed by atoms with E-state index in [1.54, 1.807) is 0 Å². The first kappa shape index (κ1) is 11.7. The number of hydrogen-bond acceptors (Lipinski definition) is 3. The van der Waals surface area contributed by atoms with Crippen LogP contribution in [0, 0.1) is 5.92 Å². The van der Waals surface area contributed by atoms with Gasteiger partial charge in [-0.15, -0.1) is 0 Å². The Bertz CT molecular complexity index is 284. The standard InChI is InChI=1S/C10H16N2O3/c1-3-6(4-2)9(14)11-7-5-8(13)12-10(7)15/h6-7H,3-5H2,1-2H3,(H,11,14)(H,12,13,15). The first-order valence-corrected chi connectivity index (χ1v) is 5.22. The molecule has 3 amide bonds. The molecule has 84 valence electrons. The van der Waals surface area contributed by atoms with E-state index in [4.69, 9.17) is 0 Å². The van der Waals surface area contributed by atoms with Crippen molar-refractivity contribution in [3.8, 4) is 0 Å². The van der Waals surface area contributed by atoms with Gasteiger partial charge in [0.05, 0.1) is 6.42 Å². The third-order valence-corrected chi connectivity index (χ3v) is 2.64. The van der Waals surface area contributed by atoms with Gasteiger partial charge in [-0.05, 0) is 12.8 Å². The van der Waals surface area contributed by atoms with Crippen molar-refractivity contribution in [2.75, 3.05) is 0 Å². The highest BCUT2D eigenvalue weighted by molar-refractivity contribution is 6.06. The average Bonchev–Trinajstić information content (AvgIpc) is 2.47. The number of hydrogen-bond donors (Lipinski definition) is 2. The van der Waals surface area contributed by atoms with Crippen LogP contribution < -0.4 is 10.6 Å². The number of amides is 3. The fourth-order valence-corrected chi connectivity index (χ4v) is 1.62. The van der Waals surface area contributed by atoms with Gasteiger partial charge in [-0.25, -0.2) is 0 Å². The molecule has 0 aromatic rings. The number of nitrogens with one attached hydrogen (secondary N) is 2. The summed E-state index contributed by atoms with van der Waals surface area (Å²) >= 11 is 0. The Hall–Kier alpha value is -1.39. The quantitative estimate of drug-likeness (QED) is 0.642. The number of rotatable bonds is 4. The predicted molar refractivity (Wildman–Crippen MR) is 53.8 cm³/mol. The summed E-state index contributed by atoms with van der Waals surface area (Å²) in [7, 11) is 0. The van der Waals surface area contributed by atoms with Crippen LogP contribution in [0.2, 0.25) is 0 Å². The van der Waals surface area contributed by atoms with E-state index in [-0.39, 0.29) is 24.2 Å². The van der Waals surface area contributed by atoms with Crippen LogP contribution in [0.4, 0.5) is 0 Å². The summed E-state index contributed by atoms with van der Waals surface area (Å²) in [6.07, 6.45) is 1.54. The van der Waals surface area contributed by atoms with Crippen molar-refractivity contribution in [2.24, 2.45) is 5.92 Å². The number of carbonyl (C=O) groups excluding carboxylic acids is 3. The van der Waals surface area contributed by atoms with Crippen LogP contribution in [0.15, 0.2) is 0 Å². The minimum atomic E-state index is -0.675. The molecule has 2 N–H and O–H groups in total. The Balaban J connectivity index is 2.51. The van der Waals surface area contributed by atoms with Gasteiger partial charge in [0.1, 0.15) is 6.04 Å². The molecule has 0 aromatic heterocycles. The molecule has 0 radical (unpaired) electrons. The zero-order valence-corrected chi connectivity index (χ0v) is 9.00. The van der Waals surface area contributed by atoms with Crippen molar-refractivity contribution in [3.63, 3.8) is 0 Å². The fourth-order valence-electron chi connectivity index (χ4n) is 1.62. The van der Waals surface area contributed by atoms with Crippen LogP contribution in [0.5, 0.6) is 0 Å². The molecule has 0 aliphatic carbocycles. The van der Waals surface area contributed by atoms with Crippen LogP contribution in [0.25, 0.3) is 0 Å². The lowest BCUT2D eigenvalue weighted by molar-refractivity contribution is -0.130. The maximum Gasteiger partial charge on any atom is 0.249 e. The van der Waals surface area contributed by atoms with Gasteiger partial charge in [-0.2, -0.15) is 0 Å². The zero-order valence-electron chi connectivity index (χ0n) is 9.00. The molecule has 1 heterocycles. The molecule has 0 spiro atoms. The normalized spacial score (nSPS) is 20.6. The minimum Gasteiger partial charge on any atom is -0.344 e. The van der Waals surface area contributed by atoms with Gasteiger partial charge in [0.15, 0.2) is 0 Å². The maximum absolute atomic E-state index is 11.6. The molecule has 0 aromatic carbocycles. The molecule has 5 nitrogen and oxygen atoms in total. The molecule has 0 saturated carbocycles. The smallest absolute Gasteiger partial charge is 0.249 e. The average molecular weight is 212 g/mol. The lowest BCUT2D eigenvalue weighted by Crippen LogP contribution is -2.42. The maximum atomic E-state index is 11.6. The van der Waals surface area contributed by atoms with Crippen molar-refractivity contribution in [1.29, 1.82) is 0 Å². The fraction of sp³-hybridized carbons (Fsp3) is 0.700. The molecule has 1 saturated heterocycles. The first-order valence-electron chi connectivity index (χ1n) is 5.22. The summed E-state index contributed by atoms with van der Waals surface area (Å²) in [5.74, 6) is -0.947. The Kier molecular flexibility index (Phi) is 3.82. The number of imide groups is 1. The highest BCUT2D eigenvalue weighted by Gasteiger charge is 2.32. The summed E-state index contributed by atoms with van der Waals surface area (Å²) in [6, 6.07) is -0.675. The summed E-state index contributed by atoms with van der Waals surface area (Å²) in [5.41, 5.74) is 0. The topological polar surface area (TPSA) is 75.3 Å². The van der Waals surface area contributed by atoms with E-state index >= 15 is 0 Å². The second-order valence-corrected chi connectivity index (χ2v) is 3.69. The minimum absolute atomic E-state index is 0.0602. The van der Waals surface area contributed by atoms with E-state index < -0.39 is 11.9 Å². The van der Waals surface area contributed by atoms with E-state index in [0.29, 0.717) is 0 Å². The molecule has 1 aliphatic rings. The van der Waals surface area contributed by atoms with Crippen LogP contribution in [-0.2, 0) is 14.4 Å². The zero-order chi connectivity index (χ0) is 11.4. The van der Waals surface area contributed by atoms with Crippen molar-refractivity contribution in [1.82, 2.24) is 10.6 Å². The van der Waals surface area contributed by atoms with E-state index in [9.17, 15) is 14.4 Å². The van der Waals surface area contributed by atoms with Gasteiger partial charge in [0.25, 0.3) is 0 Å². The molecule has 15 heavy (non-hydrogen) atoms.